The number of hydrogen-bond acceptors (Lipinski definition) is 2. The maximum absolute atomic E-state index is 12.1. The lowest BCUT2D eigenvalue weighted by atomic mass is 9.68. The Hall–Kier alpha value is -1.09. The Kier molecular flexibility index (Phi) is 2.86. The van der Waals surface area contributed by atoms with Crippen molar-refractivity contribution >= 4 is 33.0 Å². The molecule has 1 unspecified atom stereocenters. The molecule has 2 aliphatic rings. The maximum atomic E-state index is 12.1. The van der Waals surface area contributed by atoms with Crippen molar-refractivity contribution in [3.05, 3.63) is 33.3 Å². The van der Waals surface area contributed by atoms with Crippen LogP contribution in [0.25, 0.3) is 5.57 Å². The number of hydrogen-bond donors (Lipinski definition) is 1. The molecule has 1 aromatic rings. The zero-order valence-electron chi connectivity index (χ0n) is 11.3. The van der Waals surface area contributed by atoms with Gasteiger partial charge in [0.25, 0.3) is 0 Å². The van der Waals surface area contributed by atoms with Gasteiger partial charge in [-0.25, -0.2) is 0 Å². The summed E-state index contributed by atoms with van der Waals surface area (Å²) in [5.41, 5.74) is 11.7. The molecule has 3 rings (SSSR count). The molecular formula is C16H18BrNO. The Morgan fingerprint density at radius 3 is 2.84 bits per heavy atom. The minimum absolute atomic E-state index is 0.149. The third kappa shape index (κ3) is 1.64. The lowest BCUT2D eigenvalue weighted by molar-refractivity contribution is -0.116. The van der Waals surface area contributed by atoms with E-state index in [4.69, 9.17) is 5.73 Å². The van der Waals surface area contributed by atoms with E-state index in [1.807, 2.05) is 13.0 Å². The molecule has 3 heteroatoms. The van der Waals surface area contributed by atoms with Gasteiger partial charge in [0.2, 0.25) is 0 Å². The van der Waals surface area contributed by atoms with Gasteiger partial charge >= 0.3 is 0 Å². The van der Waals surface area contributed by atoms with Gasteiger partial charge in [-0.1, -0.05) is 13.0 Å². The van der Waals surface area contributed by atoms with Gasteiger partial charge in [0.15, 0.2) is 5.78 Å². The van der Waals surface area contributed by atoms with Gasteiger partial charge in [-0.15, -0.1) is 0 Å². The van der Waals surface area contributed by atoms with Gasteiger partial charge in [-0.05, 0) is 70.5 Å². The van der Waals surface area contributed by atoms with Gasteiger partial charge in [-0.2, -0.15) is 0 Å². The van der Waals surface area contributed by atoms with Crippen molar-refractivity contribution in [1.29, 1.82) is 0 Å². The van der Waals surface area contributed by atoms with Gasteiger partial charge < -0.3 is 5.73 Å². The molecule has 0 bridgehead atoms. The highest BCUT2D eigenvalue weighted by molar-refractivity contribution is 9.10. The van der Waals surface area contributed by atoms with E-state index in [0.29, 0.717) is 12.2 Å². The van der Waals surface area contributed by atoms with E-state index >= 15 is 0 Å². The van der Waals surface area contributed by atoms with Crippen molar-refractivity contribution < 1.29 is 4.79 Å². The van der Waals surface area contributed by atoms with Gasteiger partial charge in [0, 0.05) is 22.0 Å². The molecule has 100 valence electrons. The molecule has 2 nitrogen and oxygen atoms in total. The monoisotopic (exact) mass is 319 g/mol. The van der Waals surface area contributed by atoms with Crippen molar-refractivity contribution in [2.45, 2.75) is 39.5 Å². The summed E-state index contributed by atoms with van der Waals surface area (Å²) in [6, 6.07) is 4.03. The summed E-state index contributed by atoms with van der Waals surface area (Å²) in [5, 5.41) is 0. The molecule has 1 aromatic carbocycles. The fourth-order valence-corrected chi connectivity index (χ4v) is 4.22. The summed E-state index contributed by atoms with van der Waals surface area (Å²) in [4.78, 5) is 12.1. The predicted octanol–water partition coefficient (Wildman–Crippen LogP) is 4.12. The van der Waals surface area contributed by atoms with E-state index in [0.717, 1.165) is 35.0 Å². The number of Topliss-reactive ketones (excluding diaryl/α,β-unsaturated/α-hetero) is 1. The molecule has 0 saturated carbocycles. The summed E-state index contributed by atoms with van der Waals surface area (Å²) in [5.74, 6) is 0.305. The van der Waals surface area contributed by atoms with Crippen molar-refractivity contribution in [2.24, 2.45) is 5.41 Å². The zero-order valence-corrected chi connectivity index (χ0v) is 12.9. The fourth-order valence-electron chi connectivity index (χ4n) is 3.73. The van der Waals surface area contributed by atoms with Crippen LogP contribution in [0.2, 0.25) is 0 Å². The minimum atomic E-state index is 0.149. The number of rotatable bonds is 1. The molecule has 1 atom stereocenters. The maximum Gasteiger partial charge on any atom is 0.158 e. The van der Waals surface area contributed by atoms with E-state index in [-0.39, 0.29) is 5.41 Å². The van der Waals surface area contributed by atoms with E-state index in [2.05, 4.69) is 28.9 Å². The van der Waals surface area contributed by atoms with Crippen LogP contribution in [0.3, 0.4) is 0 Å². The van der Waals surface area contributed by atoms with E-state index in [9.17, 15) is 4.79 Å². The second kappa shape index (κ2) is 4.20. The molecule has 0 aromatic heterocycles. The first-order valence-electron chi connectivity index (χ1n) is 6.82. The van der Waals surface area contributed by atoms with Crippen LogP contribution in [-0.4, -0.2) is 5.78 Å². The summed E-state index contributed by atoms with van der Waals surface area (Å²) in [6.45, 7) is 4.22. The Labute approximate surface area is 122 Å². The topological polar surface area (TPSA) is 43.1 Å². The number of anilines is 1. The SMILES string of the molecule is CCC12CCC(=O)C(C)=C1c1ccc(N)c(Br)c1C2. The molecule has 0 fully saturated rings. The molecule has 0 spiro atoms. The Balaban J connectivity index is 2.31. The fraction of sp³-hybridized carbons (Fsp3) is 0.438. The second-order valence-corrected chi connectivity index (χ2v) is 6.52. The van der Waals surface area contributed by atoms with Crippen LogP contribution < -0.4 is 5.73 Å². The number of carbonyl (C=O) groups is 1. The lowest BCUT2D eigenvalue weighted by Crippen LogP contribution is -2.27. The normalized spacial score (nSPS) is 25.5. The standard InChI is InChI=1S/C16H18BrNO/c1-3-16-7-6-13(19)9(2)14(16)10-4-5-12(18)15(17)11(10)8-16/h4-5H,3,6-8,18H2,1-2H3. The highest BCUT2D eigenvalue weighted by atomic mass is 79.9. The minimum Gasteiger partial charge on any atom is -0.398 e. The molecule has 19 heavy (non-hydrogen) atoms. The van der Waals surface area contributed by atoms with Gasteiger partial charge in [0.05, 0.1) is 0 Å². The summed E-state index contributed by atoms with van der Waals surface area (Å²) < 4.78 is 1.01. The van der Waals surface area contributed by atoms with Crippen LogP contribution in [0, 0.1) is 5.41 Å². The smallest absolute Gasteiger partial charge is 0.158 e. The number of halogens is 1. The Bertz CT molecular complexity index is 617. The number of ketones is 1. The van der Waals surface area contributed by atoms with Gasteiger partial charge in [0.1, 0.15) is 0 Å². The average molecular weight is 320 g/mol. The van der Waals surface area contributed by atoms with E-state index in [1.54, 1.807) is 0 Å². The van der Waals surface area contributed by atoms with Crippen molar-refractivity contribution in [1.82, 2.24) is 0 Å². The molecule has 0 amide bonds. The van der Waals surface area contributed by atoms with Crippen molar-refractivity contribution in [2.75, 3.05) is 5.73 Å². The van der Waals surface area contributed by atoms with Crippen LogP contribution in [-0.2, 0) is 11.2 Å². The predicted molar refractivity (Wildman–Crippen MR) is 81.8 cm³/mol. The number of nitrogens with two attached hydrogens (primary N) is 1. The molecule has 0 radical (unpaired) electrons. The Morgan fingerprint density at radius 2 is 2.16 bits per heavy atom. The molecular weight excluding hydrogens is 302 g/mol. The number of carbonyl (C=O) groups excluding carboxylic acids is 1. The largest absolute Gasteiger partial charge is 0.398 e. The number of allylic oxidation sites excluding steroid dienone is 2. The number of benzene rings is 1. The molecule has 0 saturated heterocycles. The highest BCUT2D eigenvalue weighted by Crippen LogP contribution is 2.57. The van der Waals surface area contributed by atoms with Crippen LogP contribution in [0.1, 0.15) is 44.2 Å². The van der Waals surface area contributed by atoms with Crippen molar-refractivity contribution in [3.8, 4) is 0 Å². The first kappa shape index (κ1) is 12.9. The zero-order chi connectivity index (χ0) is 13.8. The molecule has 2 aliphatic carbocycles. The van der Waals surface area contributed by atoms with Crippen molar-refractivity contribution in [3.63, 3.8) is 0 Å². The number of fused-ring (bicyclic) bond motifs is 3. The van der Waals surface area contributed by atoms with Crippen LogP contribution >= 0.6 is 15.9 Å². The first-order valence-corrected chi connectivity index (χ1v) is 7.61. The third-order valence-corrected chi connectivity index (χ3v) is 5.83. The quantitative estimate of drug-likeness (QED) is 0.791. The molecule has 0 heterocycles. The average Bonchev–Trinajstić information content (AvgIpc) is 2.75. The Morgan fingerprint density at radius 1 is 1.42 bits per heavy atom. The van der Waals surface area contributed by atoms with Crippen LogP contribution in [0.5, 0.6) is 0 Å². The van der Waals surface area contributed by atoms with E-state index in [1.165, 1.54) is 16.7 Å². The van der Waals surface area contributed by atoms with Gasteiger partial charge in [-0.3, -0.25) is 4.79 Å². The lowest BCUT2D eigenvalue weighted by Gasteiger charge is -2.34. The number of nitrogen functional groups attached to an aromatic ring is 1. The summed E-state index contributed by atoms with van der Waals surface area (Å²) in [7, 11) is 0. The highest BCUT2D eigenvalue weighted by Gasteiger charge is 2.45. The van der Waals surface area contributed by atoms with Crippen LogP contribution in [0.15, 0.2) is 22.2 Å². The molecule has 0 aliphatic heterocycles. The first-order chi connectivity index (χ1) is 9.00. The third-order valence-electron chi connectivity index (χ3n) is 4.89. The second-order valence-electron chi connectivity index (χ2n) is 5.73. The van der Waals surface area contributed by atoms with Crippen LogP contribution in [0.4, 0.5) is 5.69 Å². The summed E-state index contributed by atoms with van der Waals surface area (Å²) in [6.07, 6.45) is 3.73. The molecule has 2 N–H and O–H groups in total. The summed E-state index contributed by atoms with van der Waals surface area (Å²) >= 11 is 3.62. The van der Waals surface area contributed by atoms with E-state index < -0.39 is 0 Å².